The molecule has 1 aromatic carbocycles. The highest BCUT2D eigenvalue weighted by atomic mass is 32.2. The van der Waals surface area contributed by atoms with Crippen LogP contribution in [0.25, 0.3) is 0 Å². The molecule has 2 atom stereocenters. The minimum Gasteiger partial charge on any atom is -0.495 e. The molecule has 0 aliphatic carbocycles. The number of piperidine rings is 1. The second-order valence-corrected chi connectivity index (χ2v) is 9.50. The fourth-order valence-corrected chi connectivity index (χ4v) is 5.92. The SMILES string of the molecule is COc1ccc(S(=O)(=O)N2CC3CC(C2)c2cccc(=O)n2C3)cc1NC(C)=O. The van der Waals surface area contributed by atoms with Crippen molar-refractivity contribution in [2.24, 2.45) is 5.92 Å². The largest absolute Gasteiger partial charge is 0.495 e. The van der Waals surface area contributed by atoms with Crippen LogP contribution in [0.15, 0.2) is 46.1 Å². The zero-order valence-electron chi connectivity index (χ0n) is 16.3. The number of nitrogens with zero attached hydrogens (tertiary/aromatic N) is 2. The van der Waals surface area contributed by atoms with Gasteiger partial charge in [-0.3, -0.25) is 9.59 Å². The lowest BCUT2D eigenvalue weighted by Crippen LogP contribution is -2.49. The predicted molar refractivity (Wildman–Crippen MR) is 108 cm³/mol. The van der Waals surface area contributed by atoms with E-state index >= 15 is 0 Å². The fourth-order valence-electron chi connectivity index (χ4n) is 4.33. The first-order valence-electron chi connectivity index (χ1n) is 9.45. The standard InChI is InChI=1S/C20H23N3O5S/c1-13(24)21-17-9-16(6-7-19(17)28-2)29(26,27)22-10-14-8-15(12-22)18-4-3-5-20(25)23(18)11-14/h3-7,9,14-15H,8,10-12H2,1-2H3,(H,21,24). The monoisotopic (exact) mass is 417 g/mol. The van der Waals surface area contributed by atoms with Crippen molar-refractivity contribution < 1.29 is 17.9 Å². The van der Waals surface area contributed by atoms with Crippen molar-refractivity contribution in [1.29, 1.82) is 0 Å². The van der Waals surface area contributed by atoms with Crippen LogP contribution in [0.4, 0.5) is 5.69 Å². The molecule has 0 saturated carbocycles. The van der Waals surface area contributed by atoms with Crippen molar-refractivity contribution in [3.63, 3.8) is 0 Å². The van der Waals surface area contributed by atoms with E-state index < -0.39 is 10.0 Å². The number of amides is 1. The quantitative estimate of drug-likeness (QED) is 0.815. The number of benzene rings is 1. The van der Waals surface area contributed by atoms with Gasteiger partial charge in [0.15, 0.2) is 0 Å². The molecule has 1 amide bonds. The van der Waals surface area contributed by atoms with Crippen LogP contribution in [0.3, 0.4) is 0 Å². The van der Waals surface area contributed by atoms with Crippen LogP contribution in [0.5, 0.6) is 5.75 Å². The van der Waals surface area contributed by atoms with Crippen LogP contribution in [0, 0.1) is 5.92 Å². The number of carbonyl (C=O) groups excluding carboxylic acids is 1. The molecule has 3 heterocycles. The number of pyridine rings is 1. The van der Waals surface area contributed by atoms with Gasteiger partial charge in [0.1, 0.15) is 5.75 Å². The number of anilines is 1. The van der Waals surface area contributed by atoms with Gasteiger partial charge < -0.3 is 14.6 Å². The van der Waals surface area contributed by atoms with Gasteiger partial charge >= 0.3 is 0 Å². The molecule has 2 aliphatic heterocycles. The predicted octanol–water partition coefficient (Wildman–Crippen LogP) is 1.62. The lowest BCUT2D eigenvalue weighted by Gasteiger charge is -2.42. The number of methoxy groups -OCH3 is 1. The van der Waals surface area contributed by atoms with Crippen molar-refractivity contribution in [3.05, 3.63) is 52.4 Å². The van der Waals surface area contributed by atoms with Gasteiger partial charge in [-0.25, -0.2) is 8.42 Å². The first-order chi connectivity index (χ1) is 13.8. The molecule has 1 saturated heterocycles. The molecule has 1 aromatic heterocycles. The summed E-state index contributed by atoms with van der Waals surface area (Å²) in [7, 11) is -2.30. The van der Waals surface area contributed by atoms with E-state index in [1.165, 1.54) is 36.5 Å². The number of fused-ring (bicyclic) bond motifs is 4. The van der Waals surface area contributed by atoms with E-state index in [2.05, 4.69) is 5.32 Å². The van der Waals surface area contributed by atoms with Crippen molar-refractivity contribution >= 4 is 21.6 Å². The van der Waals surface area contributed by atoms with Crippen molar-refractivity contribution in [2.45, 2.75) is 30.7 Å². The van der Waals surface area contributed by atoms with E-state index in [0.717, 1.165) is 12.1 Å². The van der Waals surface area contributed by atoms with Gasteiger partial charge in [0.2, 0.25) is 15.9 Å². The Morgan fingerprint density at radius 1 is 1.17 bits per heavy atom. The summed E-state index contributed by atoms with van der Waals surface area (Å²) >= 11 is 0. The third-order valence-electron chi connectivity index (χ3n) is 5.57. The number of carbonyl (C=O) groups is 1. The minimum absolute atomic E-state index is 0.0146. The van der Waals surface area contributed by atoms with E-state index in [1.807, 2.05) is 6.07 Å². The van der Waals surface area contributed by atoms with Crippen molar-refractivity contribution in [3.8, 4) is 5.75 Å². The minimum atomic E-state index is -3.76. The van der Waals surface area contributed by atoms with Gasteiger partial charge in [0.25, 0.3) is 5.56 Å². The summed E-state index contributed by atoms with van der Waals surface area (Å²) in [4.78, 5) is 23.7. The van der Waals surface area contributed by atoms with E-state index in [-0.39, 0.29) is 28.2 Å². The molecule has 1 fully saturated rings. The number of nitrogens with one attached hydrogen (secondary N) is 1. The van der Waals surface area contributed by atoms with Crippen molar-refractivity contribution in [2.75, 3.05) is 25.5 Å². The molecular weight excluding hydrogens is 394 g/mol. The van der Waals surface area contributed by atoms with Gasteiger partial charge in [0.05, 0.1) is 17.7 Å². The summed E-state index contributed by atoms with van der Waals surface area (Å²) in [5.41, 5.74) is 1.17. The van der Waals surface area contributed by atoms with E-state index in [9.17, 15) is 18.0 Å². The summed E-state index contributed by atoms with van der Waals surface area (Å²) in [6.07, 6.45) is 0.870. The molecule has 9 heteroatoms. The molecule has 2 unspecified atom stereocenters. The zero-order chi connectivity index (χ0) is 20.8. The van der Waals surface area contributed by atoms with Crippen LogP contribution in [-0.4, -0.2) is 43.4 Å². The molecule has 29 heavy (non-hydrogen) atoms. The highest BCUT2D eigenvalue weighted by Gasteiger charge is 2.39. The van der Waals surface area contributed by atoms with Crippen LogP contribution in [0.1, 0.15) is 25.0 Å². The number of ether oxygens (including phenoxy) is 1. The molecule has 8 nitrogen and oxygen atoms in total. The molecule has 2 bridgehead atoms. The average Bonchev–Trinajstić information content (AvgIpc) is 2.68. The van der Waals surface area contributed by atoms with Gasteiger partial charge in [-0.15, -0.1) is 0 Å². The Bertz CT molecular complexity index is 1130. The molecular formula is C20H23N3O5S. The first-order valence-corrected chi connectivity index (χ1v) is 10.9. The van der Waals surface area contributed by atoms with Crippen LogP contribution in [-0.2, 0) is 21.4 Å². The lowest BCUT2D eigenvalue weighted by atomic mass is 9.84. The summed E-state index contributed by atoms with van der Waals surface area (Å²) in [6.45, 7) is 2.56. The Balaban J connectivity index is 1.67. The summed E-state index contributed by atoms with van der Waals surface area (Å²) in [5.74, 6) is 0.152. The number of hydrogen-bond acceptors (Lipinski definition) is 5. The molecule has 1 N–H and O–H groups in total. The van der Waals surface area contributed by atoms with Crippen molar-refractivity contribution in [1.82, 2.24) is 8.87 Å². The Morgan fingerprint density at radius 2 is 1.97 bits per heavy atom. The first kappa shape index (κ1) is 19.7. The highest BCUT2D eigenvalue weighted by molar-refractivity contribution is 7.89. The van der Waals surface area contributed by atoms with Crippen LogP contribution in [0.2, 0.25) is 0 Å². The summed E-state index contributed by atoms with van der Waals surface area (Å²) < 4.78 is 35.2. The molecule has 154 valence electrons. The van der Waals surface area contributed by atoms with Gasteiger partial charge in [-0.05, 0) is 36.6 Å². The molecule has 0 spiro atoms. The normalized spacial score (nSPS) is 21.3. The van der Waals surface area contributed by atoms with Crippen LogP contribution < -0.4 is 15.6 Å². The molecule has 2 aromatic rings. The van der Waals surface area contributed by atoms with Gasteiger partial charge in [-0.1, -0.05) is 6.07 Å². The van der Waals surface area contributed by atoms with Gasteiger partial charge in [0, 0.05) is 44.2 Å². The number of aromatic nitrogens is 1. The smallest absolute Gasteiger partial charge is 0.250 e. The topological polar surface area (TPSA) is 97.7 Å². The maximum Gasteiger partial charge on any atom is 0.250 e. The number of sulfonamides is 1. The maximum absolute atomic E-state index is 13.3. The Hall–Kier alpha value is -2.65. The van der Waals surface area contributed by atoms with E-state index in [1.54, 1.807) is 16.7 Å². The Morgan fingerprint density at radius 3 is 2.69 bits per heavy atom. The van der Waals surface area contributed by atoms with Gasteiger partial charge in [-0.2, -0.15) is 4.31 Å². The van der Waals surface area contributed by atoms with E-state index in [4.69, 9.17) is 4.74 Å². The Labute approximate surface area is 169 Å². The Kier molecular flexibility index (Phi) is 4.95. The third-order valence-corrected chi connectivity index (χ3v) is 7.39. The second-order valence-electron chi connectivity index (χ2n) is 7.56. The fraction of sp³-hybridized carbons (Fsp3) is 0.400. The van der Waals surface area contributed by atoms with Crippen LogP contribution >= 0.6 is 0 Å². The molecule has 4 rings (SSSR count). The molecule has 2 aliphatic rings. The van der Waals surface area contributed by atoms with E-state index in [0.29, 0.717) is 31.1 Å². The third kappa shape index (κ3) is 3.56. The average molecular weight is 417 g/mol. The number of rotatable bonds is 4. The summed E-state index contributed by atoms with van der Waals surface area (Å²) in [5, 5.41) is 2.61. The lowest BCUT2D eigenvalue weighted by molar-refractivity contribution is -0.114. The second kappa shape index (κ2) is 7.31. The summed E-state index contributed by atoms with van der Waals surface area (Å²) in [6, 6.07) is 9.63. The molecule has 0 radical (unpaired) electrons. The maximum atomic E-state index is 13.3. The zero-order valence-corrected chi connectivity index (χ0v) is 17.1. The highest BCUT2D eigenvalue weighted by Crippen LogP contribution is 2.38. The number of hydrogen-bond donors (Lipinski definition) is 1.